The average molecular weight is 198 g/mol. The van der Waals surface area contributed by atoms with Gasteiger partial charge in [0.05, 0.1) is 0 Å². The molecule has 0 aliphatic carbocycles. The number of carbonyl (C=O) groups excluding carboxylic acids is 4. The smallest absolute Gasteiger partial charge is 0.150 e. The molecule has 0 aliphatic heterocycles. The van der Waals surface area contributed by atoms with Crippen molar-refractivity contribution in [3.63, 3.8) is 0 Å². The fourth-order valence-electron chi connectivity index (χ4n) is 1.01. The van der Waals surface area contributed by atoms with E-state index in [0.29, 0.717) is 19.0 Å². The Labute approximate surface area is 82.7 Å². The zero-order valence-corrected chi connectivity index (χ0v) is 8.41. The van der Waals surface area contributed by atoms with Crippen molar-refractivity contribution in [3.05, 3.63) is 0 Å². The van der Waals surface area contributed by atoms with Gasteiger partial charge in [0.2, 0.25) is 0 Å². The van der Waals surface area contributed by atoms with Gasteiger partial charge in [-0.2, -0.15) is 0 Å². The molecule has 0 aromatic rings. The molecule has 0 unspecified atom stereocenters. The van der Waals surface area contributed by atoms with E-state index in [2.05, 4.69) is 0 Å². The van der Waals surface area contributed by atoms with E-state index in [1.165, 1.54) is 6.92 Å². The average Bonchev–Trinajstić information content (AvgIpc) is 2.19. The summed E-state index contributed by atoms with van der Waals surface area (Å²) < 4.78 is 0. The molecule has 0 amide bonds. The van der Waals surface area contributed by atoms with Crippen molar-refractivity contribution in [2.24, 2.45) is 5.41 Å². The van der Waals surface area contributed by atoms with Gasteiger partial charge >= 0.3 is 0 Å². The monoisotopic (exact) mass is 198 g/mol. The van der Waals surface area contributed by atoms with E-state index in [1.54, 1.807) is 6.92 Å². The lowest BCUT2D eigenvalue weighted by molar-refractivity contribution is -0.138. The predicted octanol–water partition coefficient (Wildman–Crippen LogP) is 0.719. The largest absolute Gasteiger partial charge is 0.302 e. The fourth-order valence-corrected chi connectivity index (χ4v) is 1.01. The molecule has 0 radical (unpaired) electrons. The molecule has 0 rings (SSSR count). The Morgan fingerprint density at radius 1 is 1.21 bits per heavy atom. The lowest BCUT2D eigenvalue weighted by Crippen LogP contribution is -2.33. The Morgan fingerprint density at radius 3 is 2.00 bits per heavy atom. The maximum Gasteiger partial charge on any atom is 0.150 e. The topological polar surface area (TPSA) is 68.3 Å². The maximum absolute atomic E-state index is 11.1. The van der Waals surface area contributed by atoms with Gasteiger partial charge in [0.1, 0.15) is 29.6 Å². The Bertz CT molecular complexity index is 247. The summed E-state index contributed by atoms with van der Waals surface area (Å²) in [5.41, 5.74) is -1.61. The van der Waals surface area contributed by atoms with Crippen LogP contribution in [0.1, 0.15) is 33.1 Å². The predicted molar refractivity (Wildman–Crippen MR) is 49.8 cm³/mol. The summed E-state index contributed by atoms with van der Waals surface area (Å²) in [7, 11) is 0. The minimum Gasteiger partial charge on any atom is -0.302 e. The summed E-state index contributed by atoms with van der Waals surface area (Å²) in [5, 5.41) is 0. The van der Waals surface area contributed by atoms with Gasteiger partial charge in [-0.3, -0.25) is 9.59 Å². The molecule has 0 fully saturated rings. The number of ketones is 2. The van der Waals surface area contributed by atoms with Crippen molar-refractivity contribution in [2.45, 2.75) is 33.1 Å². The Balaban J connectivity index is 4.52. The van der Waals surface area contributed by atoms with Crippen LogP contribution in [0.25, 0.3) is 0 Å². The van der Waals surface area contributed by atoms with Crippen LogP contribution in [0.5, 0.6) is 0 Å². The summed E-state index contributed by atoms with van der Waals surface area (Å²) in [6, 6.07) is 0. The number of aldehydes is 2. The first-order chi connectivity index (χ1) is 6.52. The Kier molecular flexibility index (Phi) is 4.91. The summed E-state index contributed by atoms with van der Waals surface area (Å²) >= 11 is 0. The second kappa shape index (κ2) is 5.42. The molecule has 0 bridgehead atoms. The van der Waals surface area contributed by atoms with Gasteiger partial charge in [-0.05, 0) is 13.3 Å². The van der Waals surface area contributed by atoms with Gasteiger partial charge in [-0.15, -0.1) is 0 Å². The molecule has 4 nitrogen and oxygen atoms in total. The van der Waals surface area contributed by atoms with Crippen molar-refractivity contribution in [3.8, 4) is 0 Å². The fraction of sp³-hybridized carbons (Fsp3) is 0.600. The van der Waals surface area contributed by atoms with Gasteiger partial charge < -0.3 is 9.59 Å². The minimum atomic E-state index is -1.61. The van der Waals surface area contributed by atoms with Gasteiger partial charge in [0, 0.05) is 12.8 Å². The Hall–Kier alpha value is -1.32. The highest BCUT2D eigenvalue weighted by molar-refractivity contribution is 6.10. The number of hydrogen-bond acceptors (Lipinski definition) is 4. The van der Waals surface area contributed by atoms with Gasteiger partial charge in [0.15, 0.2) is 0 Å². The molecule has 0 aromatic heterocycles. The van der Waals surface area contributed by atoms with Crippen molar-refractivity contribution in [1.82, 2.24) is 0 Å². The van der Waals surface area contributed by atoms with E-state index in [9.17, 15) is 19.2 Å². The second-order valence-corrected chi connectivity index (χ2v) is 3.22. The molecule has 0 aromatic carbocycles. The van der Waals surface area contributed by atoms with Crippen LogP contribution >= 0.6 is 0 Å². The first kappa shape index (κ1) is 12.7. The van der Waals surface area contributed by atoms with Crippen LogP contribution in [-0.4, -0.2) is 24.1 Å². The number of carbonyl (C=O) groups is 4. The molecule has 0 spiro atoms. The number of Topliss-reactive ketones (excluding diaryl/α,β-unsaturated/α-hetero) is 2. The summed E-state index contributed by atoms with van der Waals surface area (Å²) in [5.74, 6) is -0.564. The third-order valence-electron chi connectivity index (χ3n) is 2.29. The van der Waals surface area contributed by atoms with E-state index < -0.39 is 11.2 Å². The van der Waals surface area contributed by atoms with Crippen molar-refractivity contribution in [1.29, 1.82) is 0 Å². The van der Waals surface area contributed by atoms with Crippen molar-refractivity contribution >= 4 is 24.1 Å². The van der Waals surface area contributed by atoms with Gasteiger partial charge in [-0.1, -0.05) is 6.92 Å². The molecule has 0 saturated heterocycles. The Morgan fingerprint density at radius 2 is 1.71 bits per heavy atom. The molecule has 0 aliphatic rings. The first-order valence-electron chi connectivity index (χ1n) is 4.47. The molecular weight excluding hydrogens is 184 g/mol. The zero-order valence-electron chi connectivity index (χ0n) is 8.41. The molecular formula is C10H14O4. The third-order valence-corrected chi connectivity index (χ3v) is 2.29. The second-order valence-electron chi connectivity index (χ2n) is 3.22. The van der Waals surface area contributed by atoms with Crippen LogP contribution in [0, 0.1) is 5.41 Å². The van der Waals surface area contributed by atoms with Crippen molar-refractivity contribution < 1.29 is 19.2 Å². The normalized spacial score (nSPS) is 10.7. The molecule has 0 saturated carbocycles. The molecule has 0 N–H and O–H groups in total. The lowest BCUT2D eigenvalue weighted by Gasteiger charge is -2.16. The molecule has 78 valence electrons. The highest BCUT2D eigenvalue weighted by atomic mass is 16.2. The molecule has 0 heterocycles. The number of rotatable bonds is 7. The van der Waals surface area contributed by atoms with E-state index >= 15 is 0 Å². The first-order valence-corrected chi connectivity index (χ1v) is 4.47. The SMILES string of the molecule is CCC(=O)CCC(C=O)(C=O)C(C)=O. The molecule has 14 heavy (non-hydrogen) atoms. The van der Waals surface area contributed by atoms with Crippen LogP contribution in [0.4, 0.5) is 0 Å². The quantitative estimate of drug-likeness (QED) is 0.446. The maximum atomic E-state index is 11.1. The summed E-state index contributed by atoms with van der Waals surface area (Å²) in [4.78, 5) is 43.3. The molecule has 4 heteroatoms. The summed E-state index contributed by atoms with van der Waals surface area (Å²) in [6.45, 7) is 2.87. The standard InChI is InChI=1S/C10H14O4/c1-3-9(14)4-5-10(6-11,7-12)8(2)13/h6-7H,3-5H2,1-2H3. The van der Waals surface area contributed by atoms with E-state index in [4.69, 9.17) is 0 Å². The van der Waals surface area contributed by atoms with Crippen LogP contribution < -0.4 is 0 Å². The van der Waals surface area contributed by atoms with E-state index in [-0.39, 0.29) is 18.6 Å². The van der Waals surface area contributed by atoms with Crippen LogP contribution in [0.3, 0.4) is 0 Å². The third kappa shape index (κ3) is 2.87. The van der Waals surface area contributed by atoms with Crippen molar-refractivity contribution in [2.75, 3.05) is 0 Å². The van der Waals surface area contributed by atoms with Crippen LogP contribution in [0.2, 0.25) is 0 Å². The van der Waals surface area contributed by atoms with Crippen LogP contribution in [0.15, 0.2) is 0 Å². The van der Waals surface area contributed by atoms with E-state index in [1.807, 2.05) is 0 Å². The van der Waals surface area contributed by atoms with Crippen LogP contribution in [-0.2, 0) is 19.2 Å². The molecule has 0 atom stereocenters. The lowest BCUT2D eigenvalue weighted by atomic mass is 9.82. The number of hydrogen-bond donors (Lipinski definition) is 0. The van der Waals surface area contributed by atoms with Gasteiger partial charge in [0.25, 0.3) is 0 Å². The van der Waals surface area contributed by atoms with Gasteiger partial charge in [-0.25, -0.2) is 0 Å². The minimum absolute atomic E-state index is 0.0119. The highest BCUT2D eigenvalue weighted by Crippen LogP contribution is 2.20. The summed E-state index contributed by atoms with van der Waals surface area (Å²) in [6.07, 6.45) is 1.08. The highest BCUT2D eigenvalue weighted by Gasteiger charge is 2.34. The van der Waals surface area contributed by atoms with E-state index in [0.717, 1.165) is 0 Å². The zero-order chi connectivity index (χ0) is 11.2.